The standard InChI is InChI=1S/C25H27FN4O4/c26-20-5-6-21(19(11-20)12-27)29-9-7-16(8-10-29)13-28-24(33)22(31)23(32)25(34)30-14-17-3-1-2-4-18(17)15-30/h1-6,11,16,22-23,31-32H,7-10,13-15H2,(H,28,33)/t22?,23-/m1/s1. The van der Waals surface area contributed by atoms with Gasteiger partial charge in [0, 0.05) is 32.7 Å². The first-order chi connectivity index (χ1) is 16.4. The predicted molar refractivity (Wildman–Crippen MR) is 122 cm³/mol. The molecule has 9 heteroatoms. The number of anilines is 1. The zero-order chi connectivity index (χ0) is 24.2. The van der Waals surface area contributed by atoms with Crippen molar-refractivity contribution in [2.45, 2.75) is 38.1 Å². The Morgan fingerprint density at radius 3 is 2.35 bits per heavy atom. The summed E-state index contributed by atoms with van der Waals surface area (Å²) in [5, 5.41) is 32.5. The lowest BCUT2D eigenvalue weighted by molar-refractivity contribution is -0.153. The minimum absolute atomic E-state index is 0.138. The van der Waals surface area contributed by atoms with E-state index in [4.69, 9.17) is 0 Å². The predicted octanol–water partition coefficient (Wildman–Crippen LogP) is 1.29. The number of nitrogens with zero attached hydrogens (tertiary/aromatic N) is 3. The van der Waals surface area contributed by atoms with Crippen LogP contribution in [0, 0.1) is 23.1 Å². The van der Waals surface area contributed by atoms with Crippen molar-refractivity contribution < 1.29 is 24.2 Å². The van der Waals surface area contributed by atoms with Crippen molar-refractivity contribution in [3.8, 4) is 6.07 Å². The number of fused-ring (bicyclic) bond motifs is 1. The number of aliphatic hydroxyl groups excluding tert-OH is 2. The molecule has 0 spiro atoms. The third-order valence-corrected chi connectivity index (χ3v) is 6.57. The van der Waals surface area contributed by atoms with Crippen LogP contribution in [0.4, 0.5) is 10.1 Å². The minimum Gasteiger partial charge on any atom is -0.380 e. The zero-order valence-electron chi connectivity index (χ0n) is 18.7. The van der Waals surface area contributed by atoms with Crippen molar-refractivity contribution in [3.63, 3.8) is 0 Å². The Bertz CT molecular complexity index is 1090. The highest BCUT2D eigenvalue weighted by Crippen LogP contribution is 2.27. The summed E-state index contributed by atoms with van der Waals surface area (Å²) in [6.45, 7) is 2.25. The number of rotatable bonds is 6. The van der Waals surface area contributed by atoms with E-state index in [0.717, 1.165) is 24.0 Å². The fourth-order valence-electron chi connectivity index (χ4n) is 4.56. The molecular formula is C25H27FN4O4. The molecule has 4 rings (SSSR count). The molecule has 2 aliphatic rings. The van der Waals surface area contributed by atoms with Gasteiger partial charge in [-0.3, -0.25) is 9.59 Å². The number of aliphatic hydroxyl groups is 2. The quantitative estimate of drug-likeness (QED) is 0.591. The van der Waals surface area contributed by atoms with Gasteiger partial charge in [0.05, 0.1) is 11.3 Å². The summed E-state index contributed by atoms with van der Waals surface area (Å²) < 4.78 is 13.4. The molecule has 0 aromatic heterocycles. The van der Waals surface area contributed by atoms with Gasteiger partial charge in [-0.2, -0.15) is 5.26 Å². The topological polar surface area (TPSA) is 117 Å². The van der Waals surface area contributed by atoms with Crippen molar-refractivity contribution in [2.75, 3.05) is 24.5 Å². The number of hydrogen-bond donors (Lipinski definition) is 3. The van der Waals surface area contributed by atoms with E-state index in [1.165, 1.54) is 17.0 Å². The number of nitriles is 1. The first-order valence-electron chi connectivity index (χ1n) is 11.3. The van der Waals surface area contributed by atoms with Gasteiger partial charge in [0.2, 0.25) is 0 Å². The average molecular weight is 467 g/mol. The molecule has 1 fully saturated rings. The van der Waals surface area contributed by atoms with Crippen LogP contribution in [0.25, 0.3) is 0 Å². The number of piperidine rings is 1. The Kier molecular flexibility index (Phi) is 7.10. The second-order valence-corrected chi connectivity index (χ2v) is 8.80. The summed E-state index contributed by atoms with van der Waals surface area (Å²) in [4.78, 5) is 28.4. The van der Waals surface area contributed by atoms with E-state index in [-0.39, 0.29) is 11.5 Å². The van der Waals surface area contributed by atoms with Gasteiger partial charge < -0.3 is 25.3 Å². The molecule has 8 nitrogen and oxygen atoms in total. The van der Waals surface area contributed by atoms with Crippen LogP contribution in [0.15, 0.2) is 42.5 Å². The fraction of sp³-hybridized carbons (Fsp3) is 0.400. The van der Waals surface area contributed by atoms with Gasteiger partial charge in [0.15, 0.2) is 12.2 Å². The average Bonchev–Trinajstić information content (AvgIpc) is 3.30. The van der Waals surface area contributed by atoms with Gasteiger partial charge in [0.25, 0.3) is 11.8 Å². The lowest BCUT2D eigenvalue weighted by Gasteiger charge is -2.34. The van der Waals surface area contributed by atoms with E-state index < -0.39 is 29.8 Å². The second kappa shape index (κ2) is 10.2. The second-order valence-electron chi connectivity index (χ2n) is 8.80. The van der Waals surface area contributed by atoms with E-state index in [2.05, 4.69) is 5.32 Å². The van der Waals surface area contributed by atoms with Gasteiger partial charge in [-0.25, -0.2) is 4.39 Å². The van der Waals surface area contributed by atoms with Crippen molar-refractivity contribution in [1.29, 1.82) is 5.26 Å². The van der Waals surface area contributed by atoms with Gasteiger partial charge in [0.1, 0.15) is 11.9 Å². The summed E-state index contributed by atoms with van der Waals surface area (Å²) in [6.07, 6.45) is -2.23. The molecule has 1 unspecified atom stereocenters. The SMILES string of the molecule is N#Cc1cc(F)ccc1N1CCC(CNC(=O)C(O)[C@@H](O)C(=O)N2Cc3ccccc3C2)CC1. The molecule has 2 aromatic rings. The number of carbonyl (C=O) groups excluding carboxylic acids is 2. The maximum atomic E-state index is 13.4. The molecule has 2 aromatic carbocycles. The lowest BCUT2D eigenvalue weighted by Crippen LogP contribution is -2.50. The normalized spacial score (nSPS) is 17.6. The van der Waals surface area contributed by atoms with Crippen molar-refractivity contribution >= 4 is 17.5 Å². The molecule has 2 atom stereocenters. The van der Waals surface area contributed by atoms with Crippen LogP contribution in [-0.4, -0.2) is 58.8 Å². The third-order valence-electron chi connectivity index (χ3n) is 6.57. The molecule has 0 bridgehead atoms. The first-order valence-corrected chi connectivity index (χ1v) is 11.3. The van der Waals surface area contributed by atoms with Crippen molar-refractivity contribution in [3.05, 3.63) is 65.0 Å². The monoisotopic (exact) mass is 466 g/mol. The molecular weight excluding hydrogens is 439 g/mol. The highest BCUT2D eigenvalue weighted by atomic mass is 19.1. The Hall–Kier alpha value is -3.48. The molecule has 34 heavy (non-hydrogen) atoms. The van der Waals surface area contributed by atoms with Crippen LogP contribution in [0.2, 0.25) is 0 Å². The lowest BCUT2D eigenvalue weighted by atomic mass is 9.95. The van der Waals surface area contributed by atoms with Crippen LogP contribution in [0.5, 0.6) is 0 Å². The Morgan fingerprint density at radius 1 is 1.09 bits per heavy atom. The molecule has 2 aliphatic heterocycles. The van der Waals surface area contributed by atoms with E-state index >= 15 is 0 Å². The smallest absolute Gasteiger partial charge is 0.255 e. The zero-order valence-corrected chi connectivity index (χ0v) is 18.7. The van der Waals surface area contributed by atoms with Gasteiger partial charge >= 0.3 is 0 Å². The van der Waals surface area contributed by atoms with Crippen molar-refractivity contribution in [1.82, 2.24) is 10.2 Å². The Morgan fingerprint density at radius 2 is 1.74 bits per heavy atom. The molecule has 2 amide bonds. The maximum Gasteiger partial charge on any atom is 0.255 e. The summed E-state index contributed by atoms with van der Waals surface area (Å²) in [5.74, 6) is -1.78. The summed E-state index contributed by atoms with van der Waals surface area (Å²) in [5.41, 5.74) is 2.94. The first kappa shape index (κ1) is 23.7. The molecule has 2 heterocycles. The van der Waals surface area contributed by atoms with Gasteiger partial charge in [-0.15, -0.1) is 0 Å². The van der Waals surface area contributed by atoms with E-state index in [1.54, 1.807) is 6.07 Å². The largest absolute Gasteiger partial charge is 0.380 e. The van der Waals surface area contributed by atoms with Gasteiger partial charge in [-0.05, 0) is 48.1 Å². The van der Waals surface area contributed by atoms with E-state index in [0.29, 0.717) is 38.4 Å². The highest BCUT2D eigenvalue weighted by Gasteiger charge is 2.35. The summed E-state index contributed by atoms with van der Waals surface area (Å²) in [6, 6.07) is 13.7. The van der Waals surface area contributed by atoms with Crippen LogP contribution in [0.1, 0.15) is 29.5 Å². The summed E-state index contributed by atoms with van der Waals surface area (Å²) >= 11 is 0. The minimum atomic E-state index is -1.85. The van der Waals surface area contributed by atoms with Gasteiger partial charge in [-0.1, -0.05) is 24.3 Å². The number of carbonyl (C=O) groups is 2. The maximum absolute atomic E-state index is 13.4. The van der Waals surface area contributed by atoms with Crippen LogP contribution >= 0.6 is 0 Å². The van der Waals surface area contributed by atoms with Crippen LogP contribution in [-0.2, 0) is 22.7 Å². The van der Waals surface area contributed by atoms with Crippen LogP contribution in [0.3, 0.4) is 0 Å². The fourth-order valence-corrected chi connectivity index (χ4v) is 4.56. The number of benzene rings is 2. The molecule has 0 aliphatic carbocycles. The van der Waals surface area contributed by atoms with Crippen molar-refractivity contribution in [2.24, 2.45) is 5.92 Å². The number of nitrogens with one attached hydrogen (secondary N) is 1. The number of hydrogen-bond acceptors (Lipinski definition) is 6. The number of amides is 2. The molecule has 0 radical (unpaired) electrons. The van der Waals surface area contributed by atoms with E-state index in [1.807, 2.05) is 35.2 Å². The van der Waals surface area contributed by atoms with Crippen LogP contribution < -0.4 is 10.2 Å². The third kappa shape index (κ3) is 5.03. The Labute approximate surface area is 197 Å². The molecule has 1 saturated heterocycles. The number of halogens is 1. The molecule has 3 N–H and O–H groups in total. The summed E-state index contributed by atoms with van der Waals surface area (Å²) in [7, 11) is 0. The highest BCUT2D eigenvalue weighted by molar-refractivity contribution is 5.91. The molecule has 0 saturated carbocycles. The van der Waals surface area contributed by atoms with E-state index in [9.17, 15) is 29.5 Å². The Balaban J connectivity index is 1.24. The molecule has 178 valence electrons.